The first-order valence-electron chi connectivity index (χ1n) is 2.83. The predicted molar refractivity (Wildman–Crippen MR) is 48.3 cm³/mol. The van der Waals surface area contributed by atoms with Gasteiger partial charge >= 0.3 is 0 Å². The molecule has 0 aromatic heterocycles. The van der Waals surface area contributed by atoms with Crippen LogP contribution in [0.1, 0.15) is 5.56 Å². The number of rotatable bonds is 0. The highest BCUT2D eigenvalue weighted by Gasteiger charge is 2.01. The van der Waals surface area contributed by atoms with Gasteiger partial charge in [0.1, 0.15) is 0 Å². The molecule has 0 spiro atoms. The lowest BCUT2D eigenvalue weighted by Crippen LogP contribution is -1.90. The normalized spacial score (nSPS) is 9.90. The molecule has 0 aliphatic carbocycles. The van der Waals surface area contributed by atoms with Crippen LogP contribution in [-0.2, 0) is 0 Å². The molecule has 0 saturated heterocycles. The average Bonchev–Trinajstić information content (AvgIpc) is 1.93. The smallest absolute Gasteiger partial charge is 0.0593 e. The summed E-state index contributed by atoms with van der Waals surface area (Å²) in [4.78, 5) is 0. The van der Waals surface area contributed by atoms with E-state index in [1.807, 2.05) is 19.1 Å². The van der Waals surface area contributed by atoms with Gasteiger partial charge in [-0.25, -0.2) is 0 Å². The molecular formula is C7H7BrClN. The summed E-state index contributed by atoms with van der Waals surface area (Å²) in [7, 11) is 0. The van der Waals surface area contributed by atoms with Crippen LogP contribution in [0.4, 0.5) is 5.69 Å². The summed E-state index contributed by atoms with van der Waals surface area (Å²) in [5, 5.41) is 0.656. The Morgan fingerprint density at radius 3 is 2.60 bits per heavy atom. The molecule has 54 valence electrons. The van der Waals surface area contributed by atoms with Gasteiger partial charge in [-0.2, -0.15) is 0 Å². The van der Waals surface area contributed by atoms with Crippen LogP contribution in [0.3, 0.4) is 0 Å². The molecule has 2 N–H and O–H groups in total. The lowest BCUT2D eigenvalue weighted by Gasteiger charge is -2.02. The Bertz CT molecular complexity index is 233. The molecule has 0 atom stereocenters. The quantitative estimate of drug-likeness (QED) is 0.668. The van der Waals surface area contributed by atoms with Gasteiger partial charge in [0.05, 0.1) is 15.2 Å². The molecule has 10 heavy (non-hydrogen) atoms. The van der Waals surface area contributed by atoms with Crippen LogP contribution in [0.2, 0.25) is 5.02 Å². The van der Waals surface area contributed by atoms with Crippen molar-refractivity contribution in [2.75, 3.05) is 5.73 Å². The maximum Gasteiger partial charge on any atom is 0.0593 e. The molecule has 0 aliphatic heterocycles. The van der Waals surface area contributed by atoms with Gasteiger partial charge in [0.25, 0.3) is 0 Å². The van der Waals surface area contributed by atoms with Gasteiger partial charge in [0.2, 0.25) is 0 Å². The van der Waals surface area contributed by atoms with E-state index >= 15 is 0 Å². The van der Waals surface area contributed by atoms with Crippen LogP contribution in [0.15, 0.2) is 16.6 Å². The molecule has 0 heterocycles. The van der Waals surface area contributed by atoms with Gasteiger partial charge < -0.3 is 5.73 Å². The van der Waals surface area contributed by atoms with Crippen LogP contribution in [-0.4, -0.2) is 0 Å². The molecule has 0 unspecified atom stereocenters. The summed E-state index contributed by atoms with van der Waals surface area (Å²) in [5.41, 5.74) is 7.40. The van der Waals surface area contributed by atoms with E-state index in [0.29, 0.717) is 10.7 Å². The van der Waals surface area contributed by atoms with Crippen LogP contribution >= 0.6 is 27.5 Å². The van der Waals surface area contributed by atoms with E-state index in [0.717, 1.165) is 10.0 Å². The minimum Gasteiger partial charge on any atom is -0.398 e. The van der Waals surface area contributed by atoms with Crippen LogP contribution in [0, 0.1) is 6.92 Å². The lowest BCUT2D eigenvalue weighted by atomic mass is 10.2. The van der Waals surface area contributed by atoms with Crippen LogP contribution in [0.25, 0.3) is 0 Å². The first kappa shape index (κ1) is 7.89. The fraction of sp³-hybridized carbons (Fsp3) is 0.143. The van der Waals surface area contributed by atoms with E-state index < -0.39 is 0 Å². The highest BCUT2D eigenvalue weighted by atomic mass is 79.9. The molecule has 0 bridgehead atoms. The zero-order chi connectivity index (χ0) is 7.72. The Morgan fingerprint density at radius 2 is 2.10 bits per heavy atom. The monoisotopic (exact) mass is 219 g/mol. The Morgan fingerprint density at radius 1 is 1.50 bits per heavy atom. The molecule has 0 radical (unpaired) electrons. The van der Waals surface area contributed by atoms with E-state index in [-0.39, 0.29) is 0 Å². The second-order valence-corrected chi connectivity index (χ2v) is 3.29. The molecule has 3 heteroatoms. The van der Waals surface area contributed by atoms with Gasteiger partial charge in [-0.1, -0.05) is 17.7 Å². The maximum atomic E-state index is 5.76. The number of benzene rings is 1. The summed E-state index contributed by atoms with van der Waals surface area (Å²) in [6.07, 6.45) is 0. The Hall–Kier alpha value is -0.210. The first-order chi connectivity index (χ1) is 4.63. The number of halogens is 2. The molecule has 1 aromatic carbocycles. The van der Waals surface area contributed by atoms with Gasteiger partial charge in [-0.05, 0) is 34.5 Å². The number of nitrogen functional groups attached to an aromatic ring is 1. The molecule has 0 fully saturated rings. The summed E-state index contributed by atoms with van der Waals surface area (Å²) >= 11 is 9.03. The lowest BCUT2D eigenvalue weighted by molar-refractivity contribution is 1.45. The molecule has 0 aliphatic rings. The highest BCUT2D eigenvalue weighted by Crippen LogP contribution is 2.30. The third-order valence-corrected chi connectivity index (χ3v) is 2.75. The molecule has 0 saturated carbocycles. The van der Waals surface area contributed by atoms with Crippen LogP contribution in [0.5, 0.6) is 0 Å². The third-order valence-electron chi connectivity index (χ3n) is 1.35. The molecule has 1 nitrogen and oxygen atoms in total. The number of aryl methyl sites for hydroxylation is 1. The zero-order valence-corrected chi connectivity index (χ0v) is 7.83. The minimum absolute atomic E-state index is 0.656. The number of nitrogens with two attached hydrogens (primary N) is 1. The second kappa shape index (κ2) is 2.81. The van der Waals surface area contributed by atoms with Gasteiger partial charge in [0.15, 0.2) is 0 Å². The van der Waals surface area contributed by atoms with E-state index in [9.17, 15) is 0 Å². The van der Waals surface area contributed by atoms with Crippen molar-refractivity contribution in [1.29, 1.82) is 0 Å². The van der Waals surface area contributed by atoms with Crippen molar-refractivity contribution >= 4 is 33.2 Å². The molecule has 0 amide bonds. The van der Waals surface area contributed by atoms with Crippen LogP contribution < -0.4 is 5.73 Å². The van der Waals surface area contributed by atoms with Gasteiger partial charge in [0, 0.05) is 0 Å². The maximum absolute atomic E-state index is 5.76. The summed E-state index contributed by atoms with van der Waals surface area (Å²) in [6, 6.07) is 3.71. The average molecular weight is 220 g/mol. The molecular weight excluding hydrogens is 213 g/mol. The van der Waals surface area contributed by atoms with Crippen molar-refractivity contribution in [3.8, 4) is 0 Å². The van der Waals surface area contributed by atoms with Crippen molar-refractivity contribution in [3.63, 3.8) is 0 Å². The fourth-order valence-corrected chi connectivity index (χ4v) is 1.27. The summed E-state index contributed by atoms with van der Waals surface area (Å²) < 4.78 is 0.786. The Kier molecular flexibility index (Phi) is 2.21. The van der Waals surface area contributed by atoms with Crippen molar-refractivity contribution in [1.82, 2.24) is 0 Å². The van der Waals surface area contributed by atoms with Gasteiger partial charge in [-0.15, -0.1) is 0 Å². The van der Waals surface area contributed by atoms with Crippen molar-refractivity contribution in [2.24, 2.45) is 0 Å². The summed E-state index contributed by atoms with van der Waals surface area (Å²) in [5.74, 6) is 0. The topological polar surface area (TPSA) is 26.0 Å². The zero-order valence-electron chi connectivity index (χ0n) is 5.49. The SMILES string of the molecule is Cc1ccc(Cl)c(Br)c1N. The Labute approximate surface area is 73.3 Å². The van der Waals surface area contributed by atoms with Crippen molar-refractivity contribution < 1.29 is 0 Å². The fourth-order valence-electron chi connectivity index (χ4n) is 0.663. The molecule has 1 rings (SSSR count). The van der Waals surface area contributed by atoms with E-state index in [1.165, 1.54) is 0 Å². The van der Waals surface area contributed by atoms with E-state index in [1.54, 1.807) is 0 Å². The van der Waals surface area contributed by atoms with Crippen molar-refractivity contribution in [2.45, 2.75) is 6.92 Å². The summed E-state index contributed by atoms with van der Waals surface area (Å²) in [6.45, 7) is 1.94. The third kappa shape index (κ3) is 1.27. The number of hydrogen-bond donors (Lipinski definition) is 1. The highest BCUT2D eigenvalue weighted by molar-refractivity contribution is 9.10. The van der Waals surface area contributed by atoms with E-state index in [2.05, 4.69) is 15.9 Å². The second-order valence-electron chi connectivity index (χ2n) is 2.09. The molecule has 1 aromatic rings. The largest absolute Gasteiger partial charge is 0.398 e. The Balaban J connectivity index is 3.34. The van der Waals surface area contributed by atoms with Crippen molar-refractivity contribution in [3.05, 3.63) is 27.2 Å². The standard InChI is InChI=1S/C7H7BrClN/c1-4-2-3-5(9)6(8)7(4)10/h2-3H,10H2,1H3. The van der Waals surface area contributed by atoms with E-state index in [4.69, 9.17) is 17.3 Å². The minimum atomic E-state index is 0.656. The predicted octanol–water partition coefficient (Wildman–Crippen LogP) is 2.99. The number of hydrogen-bond acceptors (Lipinski definition) is 1. The number of anilines is 1. The van der Waals surface area contributed by atoms with Gasteiger partial charge in [-0.3, -0.25) is 0 Å². The first-order valence-corrected chi connectivity index (χ1v) is 4.00.